The summed E-state index contributed by atoms with van der Waals surface area (Å²) < 4.78 is 12.7. The van der Waals surface area contributed by atoms with Gasteiger partial charge in [0.2, 0.25) is 0 Å². The monoisotopic (exact) mass is 342 g/mol. The van der Waals surface area contributed by atoms with Gasteiger partial charge >= 0.3 is 0 Å². The second-order valence-electron chi connectivity index (χ2n) is 6.13. The van der Waals surface area contributed by atoms with E-state index in [0.29, 0.717) is 24.7 Å². The average molecular weight is 342 g/mol. The summed E-state index contributed by atoms with van der Waals surface area (Å²) in [5.74, 6) is 0.741. The molecule has 2 heterocycles. The van der Waals surface area contributed by atoms with E-state index in [1.165, 1.54) is 0 Å². The molecule has 0 saturated carbocycles. The highest BCUT2D eigenvalue weighted by atomic mass is 16.5. The fourth-order valence-corrected chi connectivity index (χ4v) is 2.84. The minimum Gasteiger partial charge on any atom is -0.451 e. The zero-order valence-corrected chi connectivity index (χ0v) is 14.9. The molecule has 1 aromatic carbocycles. The number of fused-ring (bicyclic) bond motifs is 1. The van der Waals surface area contributed by atoms with Crippen molar-refractivity contribution >= 4 is 16.9 Å². The molecular weight excluding hydrogens is 320 g/mol. The predicted octanol–water partition coefficient (Wildman–Crippen LogP) is 2.78. The molecule has 132 valence electrons. The number of nitrogens with one attached hydrogen (secondary N) is 1. The third-order valence-corrected chi connectivity index (χ3v) is 4.22. The quantitative estimate of drug-likeness (QED) is 0.745. The summed E-state index contributed by atoms with van der Waals surface area (Å²) in [6.45, 7) is 6.93. The molecule has 0 aliphatic heterocycles. The number of rotatable bonds is 6. The number of nitrogens with zero attached hydrogens (tertiary/aromatic N) is 3. The molecular formula is C18H22N4O3. The van der Waals surface area contributed by atoms with E-state index in [4.69, 9.17) is 9.15 Å². The van der Waals surface area contributed by atoms with Crippen LogP contribution >= 0.6 is 0 Å². The Balaban J connectivity index is 1.80. The molecule has 0 aliphatic rings. The molecule has 3 aromatic rings. The van der Waals surface area contributed by atoms with Gasteiger partial charge in [0.25, 0.3) is 5.91 Å². The van der Waals surface area contributed by atoms with Crippen molar-refractivity contribution in [2.24, 2.45) is 0 Å². The standard InChI is InChI=1S/C18H22N4O3/c1-11-5-6-14-12(2)16(25-15(14)9-11)18(23)20-13(3)17-21-19-10-22(17)7-8-24-4/h5-6,9-10,13H,7-8H2,1-4H3,(H,20,23)/t13-/m1/s1. The van der Waals surface area contributed by atoms with Crippen molar-refractivity contribution in [3.63, 3.8) is 0 Å². The first-order valence-corrected chi connectivity index (χ1v) is 8.18. The van der Waals surface area contributed by atoms with Gasteiger partial charge < -0.3 is 19.0 Å². The van der Waals surface area contributed by atoms with Gasteiger partial charge in [-0.1, -0.05) is 12.1 Å². The van der Waals surface area contributed by atoms with E-state index in [0.717, 1.165) is 22.1 Å². The van der Waals surface area contributed by atoms with Gasteiger partial charge in [-0.15, -0.1) is 10.2 Å². The van der Waals surface area contributed by atoms with E-state index in [1.54, 1.807) is 13.4 Å². The number of methoxy groups -OCH3 is 1. The van der Waals surface area contributed by atoms with Crippen molar-refractivity contribution in [1.29, 1.82) is 0 Å². The first-order chi connectivity index (χ1) is 12.0. The summed E-state index contributed by atoms with van der Waals surface area (Å²) in [5, 5.41) is 11.9. The second-order valence-corrected chi connectivity index (χ2v) is 6.13. The van der Waals surface area contributed by atoms with Crippen LogP contribution in [-0.2, 0) is 11.3 Å². The van der Waals surface area contributed by atoms with Crippen molar-refractivity contribution in [1.82, 2.24) is 20.1 Å². The minimum absolute atomic E-state index is 0.264. The van der Waals surface area contributed by atoms with Crippen molar-refractivity contribution in [2.45, 2.75) is 33.4 Å². The lowest BCUT2D eigenvalue weighted by Crippen LogP contribution is -2.29. The Morgan fingerprint density at radius 1 is 1.40 bits per heavy atom. The van der Waals surface area contributed by atoms with Crippen LogP contribution in [0.25, 0.3) is 11.0 Å². The smallest absolute Gasteiger partial charge is 0.287 e. The fraction of sp³-hybridized carbons (Fsp3) is 0.389. The highest BCUT2D eigenvalue weighted by Crippen LogP contribution is 2.26. The van der Waals surface area contributed by atoms with Gasteiger partial charge in [-0.25, -0.2) is 0 Å². The van der Waals surface area contributed by atoms with Crippen LogP contribution in [0.1, 0.15) is 40.5 Å². The number of carbonyl (C=O) groups excluding carboxylic acids is 1. The lowest BCUT2D eigenvalue weighted by atomic mass is 10.1. The molecule has 0 fully saturated rings. The molecule has 1 N–H and O–H groups in total. The van der Waals surface area contributed by atoms with Crippen LogP contribution in [0.2, 0.25) is 0 Å². The highest BCUT2D eigenvalue weighted by molar-refractivity contribution is 5.99. The maximum Gasteiger partial charge on any atom is 0.287 e. The van der Waals surface area contributed by atoms with Crippen LogP contribution in [0.4, 0.5) is 0 Å². The average Bonchev–Trinajstić information content (AvgIpc) is 3.17. The van der Waals surface area contributed by atoms with E-state index in [2.05, 4.69) is 15.5 Å². The molecule has 1 atom stereocenters. The zero-order valence-electron chi connectivity index (χ0n) is 14.9. The Morgan fingerprint density at radius 3 is 2.96 bits per heavy atom. The number of hydrogen-bond acceptors (Lipinski definition) is 5. The topological polar surface area (TPSA) is 82.2 Å². The zero-order chi connectivity index (χ0) is 18.0. The minimum atomic E-state index is -0.304. The first kappa shape index (κ1) is 17.2. The van der Waals surface area contributed by atoms with Crippen LogP contribution in [0, 0.1) is 13.8 Å². The normalized spacial score (nSPS) is 12.5. The predicted molar refractivity (Wildman–Crippen MR) is 93.5 cm³/mol. The van der Waals surface area contributed by atoms with Gasteiger partial charge in [0.15, 0.2) is 11.6 Å². The molecule has 0 spiro atoms. The fourth-order valence-electron chi connectivity index (χ4n) is 2.84. The number of amides is 1. The lowest BCUT2D eigenvalue weighted by molar-refractivity contribution is 0.0910. The number of ether oxygens (including phenoxy) is 1. The van der Waals surface area contributed by atoms with Crippen molar-refractivity contribution in [3.05, 3.63) is 47.2 Å². The van der Waals surface area contributed by atoms with Gasteiger partial charge in [-0.3, -0.25) is 4.79 Å². The Kier molecular flexibility index (Phi) is 4.85. The number of furan rings is 1. The van der Waals surface area contributed by atoms with Gasteiger partial charge in [-0.2, -0.15) is 0 Å². The van der Waals surface area contributed by atoms with Crippen LogP contribution in [0.3, 0.4) is 0 Å². The second kappa shape index (κ2) is 7.06. The molecule has 1 amide bonds. The summed E-state index contributed by atoms with van der Waals surface area (Å²) in [6, 6.07) is 5.61. The number of benzene rings is 1. The molecule has 0 saturated heterocycles. The molecule has 0 bridgehead atoms. The third-order valence-electron chi connectivity index (χ3n) is 4.22. The maximum absolute atomic E-state index is 12.7. The summed E-state index contributed by atoms with van der Waals surface area (Å²) in [5.41, 5.74) is 2.65. The largest absolute Gasteiger partial charge is 0.451 e. The Morgan fingerprint density at radius 2 is 2.20 bits per heavy atom. The first-order valence-electron chi connectivity index (χ1n) is 8.18. The molecule has 0 radical (unpaired) electrons. The molecule has 25 heavy (non-hydrogen) atoms. The van der Waals surface area contributed by atoms with E-state index in [1.807, 2.05) is 43.5 Å². The Bertz CT molecular complexity index is 897. The molecule has 0 aliphatic carbocycles. The molecule has 0 unspecified atom stereocenters. The highest BCUT2D eigenvalue weighted by Gasteiger charge is 2.22. The summed E-state index contributed by atoms with van der Waals surface area (Å²) in [4.78, 5) is 12.7. The van der Waals surface area contributed by atoms with Crippen LogP contribution < -0.4 is 5.32 Å². The van der Waals surface area contributed by atoms with Gasteiger partial charge in [0, 0.05) is 24.6 Å². The van der Waals surface area contributed by atoms with Gasteiger partial charge in [0.1, 0.15) is 11.9 Å². The summed E-state index contributed by atoms with van der Waals surface area (Å²) >= 11 is 0. The van der Waals surface area contributed by atoms with E-state index >= 15 is 0 Å². The Labute approximate surface area is 146 Å². The van der Waals surface area contributed by atoms with E-state index in [9.17, 15) is 4.79 Å². The Hall–Kier alpha value is -2.67. The SMILES string of the molecule is COCCn1cnnc1[C@@H](C)NC(=O)c1oc2cc(C)ccc2c1C. The number of aryl methyl sites for hydroxylation is 2. The van der Waals surface area contributed by atoms with Crippen LogP contribution in [0.5, 0.6) is 0 Å². The molecule has 3 rings (SSSR count). The summed E-state index contributed by atoms with van der Waals surface area (Å²) in [7, 11) is 1.64. The van der Waals surface area contributed by atoms with Crippen molar-refractivity contribution < 1.29 is 13.9 Å². The van der Waals surface area contributed by atoms with Crippen LogP contribution in [0.15, 0.2) is 28.9 Å². The lowest BCUT2D eigenvalue weighted by Gasteiger charge is -2.14. The summed E-state index contributed by atoms with van der Waals surface area (Å²) in [6.07, 6.45) is 1.63. The van der Waals surface area contributed by atoms with Gasteiger partial charge in [-0.05, 0) is 32.4 Å². The molecule has 7 heteroatoms. The maximum atomic E-state index is 12.7. The van der Waals surface area contributed by atoms with Gasteiger partial charge in [0.05, 0.1) is 12.6 Å². The van der Waals surface area contributed by atoms with E-state index < -0.39 is 0 Å². The molecule has 2 aromatic heterocycles. The van der Waals surface area contributed by atoms with E-state index in [-0.39, 0.29) is 11.9 Å². The van der Waals surface area contributed by atoms with Crippen LogP contribution in [-0.4, -0.2) is 34.4 Å². The van der Waals surface area contributed by atoms with Crippen molar-refractivity contribution in [2.75, 3.05) is 13.7 Å². The van der Waals surface area contributed by atoms with Crippen molar-refractivity contribution in [3.8, 4) is 0 Å². The number of carbonyl (C=O) groups is 1. The number of hydrogen-bond donors (Lipinski definition) is 1. The number of aromatic nitrogens is 3. The molecule has 7 nitrogen and oxygen atoms in total. The third kappa shape index (κ3) is 3.41.